The molecule has 0 fully saturated rings. The summed E-state index contributed by atoms with van der Waals surface area (Å²) < 4.78 is 0. The van der Waals surface area contributed by atoms with E-state index in [1.165, 1.54) is 16.3 Å². The molecule has 0 aliphatic rings. The van der Waals surface area contributed by atoms with Crippen LogP contribution in [0.25, 0.3) is 16.8 Å². The van der Waals surface area contributed by atoms with Gasteiger partial charge in [0, 0.05) is 0 Å². The number of hydrogen-bond acceptors (Lipinski definition) is 1. The van der Waals surface area contributed by atoms with Crippen LogP contribution in [0.5, 0.6) is 0 Å². The minimum atomic E-state index is 1.23. The van der Waals surface area contributed by atoms with Gasteiger partial charge in [0.05, 0.1) is 0 Å². The monoisotopic (exact) mass is 160 g/mol. The fraction of sp³-hybridized carbons (Fsp3) is 0. The van der Waals surface area contributed by atoms with E-state index in [1.54, 1.807) is 11.3 Å². The largest absolute Gasteiger partial charge is 0.151 e. The van der Waals surface area contributed by atoms with Gasteiger partial charge in [0.2, 0.25) is 0 Å². The van der Waals surface area contributed by atoms with Crippen LogP contribution >= 0.6 is 11.3 Å². The van der Waals surface area contributed by atoms with Crippen molar-refractivity contribution in [2.45, 2.75) is 0 Å². The van der Waals surface area contributed by atoms with Crippen molar-refractivity contribution >= 4 is 28.2 Å². The first kappa shape index (κ1) is 6.62. The third-order valence-corrected chi connectivity index (χ3v) is 2.54. The van der Waals surface area contributed by atoms with Crippen molar-refractivity contribution in [2.24, 2.45) is 0 Å². The molecule has 1 heterocycles. The van der Waals surface area contributed by atoms with Crippen molar-refractivity contribution in [2.75, 3.05) is 0 Å². The number of benzene rings is 1. The molecule has 54 valence electrons. The average molecular weight is 160 g/mol. The second kappa shape index (κ2) is 2.51. The number of thiophene rings is 1. The van der Waals surface area contributed by atoms with Crippen LogP contribution in [0.2, 0.25) is 0 Å². The van der Waals surface area contributed by atoms with Crippen LogP contribution < -0.4 is 0 Å². The third kappa shape index (κ3) is 0.976. The van der Waals surface area contributed by atoms with Gasteiger partial charge in [0.1, 0.15) is 0 Å². The van der Waals surface area contributed by atoms with Crippen LogP contribution in [0.4, 0.5) is 0 Å². The zero-order valence-electron chi connectivity index (χ0n) is 6.08. The Hall–Kier alpha value is -1.08. The van der Waals surface area contributed by atoms with Gasteiger partial charge in [-0.2, -0.15) is 11.3 Å². The molecule has 0 radical (unpaired) electrons. The van der Waals surface area contributed by atoms with E-state index in [9.17, 15) is 0 Å². The molecular weight excluding hydrogens is 152 g/mol. The van der Waals surface area contributed by atoms with Crippen LogP contribution in [0.3, 0.4) is 0 Å². The fourth-order valence-electron chi connectivity index (χ4n) is 1.19. The summed E-state index contributed by atoms with van der Waals surface area (Å²) >= 11 is 1.73. The molecule has 0 aliphatic carbocycles. The summed E-state index contributed by atoms with van der Waals surface area (Å²) in [6, 6.07) is 6.27. The lowest BCUT2D eigenvalue weighted by Gasteiger charge is -1.93. The molecule has 0 spiro atoms. The Kier molecular flexibility index (Phi) is 1.51. The molecule has 0 nitrogen and oxygen atoms in total. The van der Waals surface area contributed by atoms with Gasteiger partial charge in [-0.1, -0.05) is 30.9 Å². The van der Waals surface area contributed by atoms with Gasteiger partial charge in [-0.15, -0.1) is 0 Å². The average Bonchev–Trinajstić information content (AvgIpc) is 2.50. The maximum absolute atomic E-state index is 3.77. The standard InChI is InChI=1S/C10H8S/c1-2-8-4-3-5-9-6-11-7-10(8)9/h2-7H,1H2. The van der Waals surface area contributed by atoms with E-state index in [4.69, 9.17) is 0 Å². The van der Waals surface area contributed by atoms with Crippen LogP contribution in [-0.4, -0.2) is 0 Å². The van der Waals surface area contributed by atoms with Crippen molar-refractivity contribution in [3.8, 4) is 0 Å². The Bertz CT molecular complexity index is 384. The lowest BCUT2D eigenvalue weighted by molar-refractivity contribution is 1.79. The highest BCUT2D eigenvalue weighted by atomic mass is 32.1. The molecular formula is C10H8S. The van der Waals surface area contributed by atoms with Gasteiger partial charge in [-0.3, -0.25) is 0 Å². The number of fused-ring (bicyclic) bond motifs is 1. The maximum atomic E-state index is 3.77. The van der Waals surface area contributed by atoms with Gasteiger partial charge in [-0.25, -0.2) is 0 Å². The fourth-order valence-corrected chi connectivity index (χ4v) is 2.02. The minimum Gasteiger partial charge on any atom is -0.151 e. The lowest BCUT2D eigenvalue weighted by Crippen LogP contribution is -1.70. The molecule has 0 saturated carbocycles. The quantitative estimate of drug-likeness (QED) is 0.598. The molecule has 2 aromatic rings. The summed E-state index contributed by atoms with van der Waals surface area (Å²) in [5, 5.41) is 6.94. The van der Waals surface area contributed by atoms with Gasteiger partial charge in [0.15, 0.2) is 0 Å². The number of rotatable bonds is 1. The first-order valence-corrected chi connectivity index (χ1v) is 4.43. The van der Waals surface area contributed by atoms with Gasteiger partial charge in [0.25, 0.3) is 0 Å². The van der Waals surface area contributed by atoms with E-state index >= 15 is 0 Å². The Labute approximate surface area is 69.8 Å². The highest BCUT2D eigenvalue weighted by Crippen LogP contribution is 2.23. The molecule has 0 saturated heterocycles. The molecule has 1 aromatic heterocycles. The van der Waals surface area contributed by atoms with Gasteiger partial charge >= 0.3 is 0 Å². The molecule has 0 bridgehead atoms. The highest BCUT2D eigenvalue weighted by Gasteiger charge is 1.95. The van der Waals surface area contributed by atoms with E-state index in [0.717, 1.165) is 0 Å². The summed E-state index contributed by atoms with van der Waals surface area (Å²) in [5.74, 6) is 0. The second-order valence-corrected chi connectivity index (χ2v) is 3.17. The Morgan fingerprint density at radius 1 is 1.27 bits per heavy atom. The first-order valence-electron chi connectivity index (χ1n) is 3.49. The van der Waals surface area contributed by atoms with Gasteiger partial charge < -0.3 is 0 Å². The first-order chi connectivity index (χ1) is 5.42. The summed E-state index contributed by atoms with van der Waals surface area (Å²) in [7, 11) is 0. The predicted octanol–water partition coefficient (Wildman–Crippen LogP) is 3.54. The highest BCUT2D eigenvalue weighted by molar-refractivity contribution is 7.09. The summed E-state index contributed by atoms with van der Waals surface area (Å²) in [5.41, 5.74) is 1.23. The van der Waals surface area contributed by atoms with Crippen molar-refractivity contribution < 1.29 is 0 Å². The smallest absolute Gasteiger partial charge is 0.000441 e. The maximum Gasteiger partial charge on any atom is -0.000441 e. The molecule has 1 heteroatoms. The normalized spacial score (nSPS) is 10.2. The molecule has 2 rings (SSSR count). The Morgan fingerprint density at radius 3 is 3.00 bits per heavy atom. The van der Waals surface area contributed by atoms with Crippen molar-refractivity contribution in [3.05, 3.63) is 41.1 Å². The van der Waals surface area contributed by atoms with E-state index < -0.39 is 0 Å². The van der Waals surface area contributed by atoms with Crippen molar-refractivity contribution in [1.82, 2.24) is 0 Å². The summed E-state index contributed by atoms with van der Waals surface area (Å²) in [6.07, 6.45) is 1.90. The third-order valence-electron chi connectivity index (χ3n) is 1.77. The predicted molar refractivity (Wildman–Crippen MR) is 51.9 cm³/mol. The van der Waals surface area contributed by atoms with Crippen LogP contribution in [0.1, 0.15) is 5.56 Å². The molecule has 0 N–H and O–H groups in total. The second-order valence-electron chi connectivity index (χ2n) is 2.43. The topological polar surface area (TPSA) is 0 Å². The minimum absolute atomic E-state index is 1.23. The van der Waals surface area contributed by atoms with Crippen LogP contribution in [-0.2, 0) is 0 Å². The molecule has 0 aliphatic heterocycles. The van der Waals surface area contributed by atoms with Crippen molar-refractivity contribution in [3.63, 3.8) is 0 Å². The van der Waals surface area contributed by atoms with Crippen LogP contribution in [0.15, 0.2) is 35.5 Å². The Balaban J connectivity index is 2.88. The SMILES string of the molecule is C=Cc1cccc2cscc12. The van der Waals surface area contributed by atoms with Gasteiger partial charge in [-0.05, 0) is 27.1 Å². The van der Waals surface area contributed by atoms with Crippen LogP contribution in [0, 0.1) is 0 Å². The molecule has 1 aromatic carbocycles. The number of hydrogen-bond donors (Lipinski definition) is 0. The lowest BCUT2D eigenvalue weighted by atomic mass is 10.1. The zero-order chi connectivity index (χ0) is 7.68. The molecule has 11 heavy (non-hydrogen) atoms. The van der Waals surface area contributed by atoms with E-state index in [1.807, 2.05) is 6.08 Å². The van der Waals surface area contributed by atoms with E-state index in [0.29, 0.717) is 0 Å². The zero-order valence-corrected chi connectivity index (χ0v) is 6.90. The summed E-state index contributed by atoms with van der Waals surface area (Å²) in [6.45, 7) is 3.77. The van der Waals surface area contributed by atoms with E-state index in [-0.39, 0.29) is 0 Å². The Morgan fingerprint density at radius 2 is 2.18 bits per heavy atom. The van der Waals surface area contributed by atoms with Crippen molar-refractivity contribution in [1.29, 1.82) is 0 Å². The molecule has 0 amide bonds. The molecule has 0 atom stereocenters. The van der Waals surface area contributed by atoms with E-state index in [2.05, 4.69) is 35.5 Å². The summed E-state index contributed by atoms with van der Waals surface area (Å²) in [4.78, 5) is 0. The molecule has 0 unspecified atom stereocenters.